The lowest BCUT2D eigenvalue weighted by Crippen LogP contribution is -2.48. The zero-order chi connectivity index (χ0) is 25.4. The Balaban J connectivity index is 1.26. The number of likely N-dealkylation sites (tertiary alicyclic amines) is 1. The van der Waals surface area contributed by atoms with Crippen molar-refractivity contribution in [1.82, 2.24) is 4.90 Å². The SMILES string of the molecule is O=C(CCc1ccccc1)c1cc(F)ccc1OCC(O)CN1CCC(O)(Cc2ccccc2)CC1. The van der Waals surface area contributed by atoms with E-state index in [1.54, 1.807) is 0 Å². The number of piperidine rings is 1. The lowest BCUT2D eigenvalue weighted by atomic mass is 9.85. The second-order valence-electron chi connectivity index (χ2n) is 9.70. The Morgan fingerprint density at radius 3 is 2.28 bits per heavy atom. The number of aliphatic hydroxyl groups excluding tert-OH is 1. The molecule has 6 heteroatoms. The van der Waals surface area contributed by atoms with Gasteiger partial charge >= 0.3 is 0 Å². The number of aryl methyl sites for hydroxylation is 1. The molecule has 0 radical (unpaired) electrons. The van der Waals surface area contributed by atoms with Crippen molar-refractivity contribution in [1.29, 1.82) is 0 Å². The van der Waals surface area contributed by atoms with Gasteiger partial charge in [-0.25, -0.2) is 4.39 Å². The minimum absolute atomic E-state index is 0.00458. The van der Waals surface area contributed by atoms with Crippen molar-refractivity contribution >= 4 is 5.78 Å². The number of halogens is 1. The molecule has 1 saturated heterocycles. The zero-order valence-electron chi connectivity index (χ0n) is 20.5. The number of hydrogen-bond donors (Lipinski definition) is 2. The van der Waals surface area contributed by atoms with E-state index in [1.807, 2.05) is 60.7 Å². The smallest absolute Gasteiger partial charge is 0.167 e. The predicted octanol–water partition coefficient (Wildman–Crippen LogP) is 4.45. The number of nitrogens with zero attached hydrogens (tertiary/aromatic N) is 1. The Hall–Kier alpha value is -3.06. The van der Waals surface area contributed by atoms with Gasteiger partial charge in [-0.3, -0.25) is 4.79 Å². The van der Waals surface area contributed by atoms with Crippen LogP contribution >= 0.6 is 0 Å². The van der Waals surface area contributed by atoms with Gasteiger partial charge in [0.25, 0.3) is 0 Å². The molecule has 4 rings (SSSR count). The third-order valence-corrected chi connectivity index (χ3v) is 6.79. The van der Waals surface area contributed by atoms with Gasteiger partial charge in [0, 0.05) is 32.5 Å². The quantitative estimate of drug-likeness (QED) is 0.388. The van der Waals surface area contributed by atoms with Crippen LogP contribution in [0, 0.1) is 5.82 Å². The van der Waals surface area contributed by atoms with Crippen LogP contribution in [0.25, 0.3) is 0 Å². The van der Waals surface area contributed by atoms with Crippen LogP contribution in [0.1, 0.15) is 40.7 Å². The van der Waals surface area contributed by atoms with E-state index < -0.39 is 17.5 Å². The summed E-state index contributed by atoms with van der Waals surface area (Å²) in [7, 11) is 0. The maximum atomic E-state index is 13.9. The third-order valence-electron chi connectivity index (χ3n) is 6.79. The van der Waals surface area contributed by atoms with Gasteiger partial charge in [-0.05, 0) is 48.6 Å². The van der Waals surface area contributed by atoms with Crippen molar-refractivity contribution in [3.8, 4) is 5.75 Å². The monoisotopic (exact) mass is 491 g/mol. The summed E-state index contributed by atoms with van der Waals surface area (Å²) in [5, 5.41) is 21.5. The molecule has 0 aromatic heterocycles. The number of hydrogen-bond acceptors (Lipinski definition) is 5. The van der Waals surface area contributed by atoms with Crippen LogP contribution in [0.2, 0.25) is 0 Å². The first-order valence-electron chi connectivity index (χ1n) is 12.6. The van der Waals surface area contributed by atoms with Gasteiger partial charge in [-0.15, -0.1) is 0 Å². The van der Waals surface area contributed by atoms with E-state index in [4.69, 9.17) is 4.74 Å². The van der Waals surface area contributed by atoms with E-state index in [0.29, 0.717) is 45.3 Å². The molecule has 36 heavy (non-hydrogen) atoms. The number of carbonyl (C=O) groups is 1. The summed E-state index contributed by atoms with van der Waals surface area (Å²) < 4.78 is 19.7. The van der Waals surface area contributed by atoms with Crippen molar-refractivity contribution in [2.75, 3.05) is 26.2 Å². The van der Waals surface area contributed by atoms with E-state index in [2.05, 4.69) is 4.90 Å². The van der Waals surface area contributed by atoms with Crippen LogP contribution in [-0.4, -0.2) is 58.8 Å². The van der Waals surface area contributed by atoms with Gasteiger partial charge in [-0.2, -0.15) is 0 Å². The predicted molar refractivity (Wildman–Crippen MR) is 138 cm³/mol. The number of benzene rings is 3. The first-order chi connectivity index (χ1) is 17.4. The average Bonchev–Trinajstić information content (AvgIpc) is 2.89. The summed E-state index contributed by atoms with van der Waals surface area (Å²) in [6, 6.07) is 23.6. The van der Waals surface area contributed by atoms with Gasteiger partial charge in [0.1, 0.15) is 24.3 Å². The molecule has 3 aromatic carbocycles. The van der Waals surface area contributed by atoms with E-state index in [-0.39, 0.29) is 30.1 Å². The molecule has 0 amide bonds. The molecular weight excluding hydrogens is 457 g/mol. The lowest BCUT2D eigenvalue weighted by molar-refractivity contribution is -0.0325. The van der Waals surface area contributed by atoms with Gasteiger partial charge in [-0.1, -0.05) is 60.7 Å². The molecule has 1 aliphatic heterocycles. The molecule has 190 valence electrons. The van der Waals surface area contributed by atoms with Gasteiger partial charge in [0.15, 0.2) is 5.78 Å². The molecule has 2 N–H and O–H groups in total. The van der Waals surface area contributed by atoms with Crippen molar-refractivity contribution in [3.05, 3.63) is 101 Å². The van der Waals surface area contributed by atoms with Gasteiger partial charge in [0.05, 0.1) is 11.2 Å². The number of β-amino-alcohol motifs (C(OH)–C–C–N with tert-alkyl or cyclic N) is 1. The van der Waals surface area contributed by atoms with Crippen LogP contribution in [-0.2, 0) is 12.8 Å². The minimum Gasteiger partial charge on any atom is -0.490 e. The Morgan fingerprint density at radius 1 is 0.972 bits per heavy atom. The second-order valence-corrected chi connectivity index (χ2v) is 9.70. The number of carbonyl (C=O) groups excluding carboxylic acids is 1. The van der Waals surface area contributed by atoms with E-state index in [9.17, 15) is 19.4 Å². The molecule has 1 aliphatic rings. The summed E-state index contributed by atoms with van der Waals surface area (Å²) in [6.45, 7) is 1.76. The Kier molecular flexibility index (Phi) is 8.86. The maximum absolute atomic E-state index is 13.9. The molecular formula is C30H34FNO4. The van der Waals surface area contributed by atoms with Crippen molar-refractivity contribution in [2.24, 2.45) is 0 Å². The fraction of sp³-hybridized carbons (Fsp3) is 0.367. The molecule has 0 bridgehead atoms. The van der Waals surface area contributed by atoms with Crippen LogP contribution in [0.15, 0.2) is 78.9 Å². The third kappa shape index (κ3) is 7.47. The van der Waals surface area contributed by atoms with E-state index in [1.165, 1.54) is 18.2 Å². The van der Waals surface area contributed by atoms with Crippen LogP contribution in [0.4, 0.5) is 4.39 Å². The molecule has 0 spiro atoms. The van der Waals surface area contributed by atoms with Crippen LogP contribution < -0.4 is 4.74 Å². The summed E-state index contributed by atoms with van der Waals surface area (Å²) >= 11 is 0. The molecule has 0 saturated carbocycles. The van der Waals surface area contributed by atoms with Crippen LogP contribution in [0.3, 0.4) is 0 Å². The van der Waals surface area contributed by atoms with Crippen molar-refractivity contribution in [2.45, 2.75) is 43.8 Å². The largest absolute Gasteiger partial charge is 0.490 e. The summed E-state index contributed by atoms with van der Waals surface area (Å²) in [5.74, 6) is -0.414. The molecule has 1 unspecified atom stereocenters. The van der Waals surface area contributed by atoms with Crippen molar-refractivity contribution in [3.63, 3.8) is 0 Å². The number of rotatable bonds is 11. The fourth-order valence-corrected chi connectivity index (χ4v) is 4.72. The molecule has 1 heterocycles. The van der Waals surface area contributed by atoms with E-state index in [0.717, 1.165) is 11.1 Å². The summed E-state index contributed by atoms with van der Waals surface area (Å²) in [6.07, 6.45) is 1.92. The summed E-state index contributed by atoms with van der Waals surface area (Å²) in [5.41, 5.74) is 1.62. The Labute approximate surface area is 212 Å². The Morgan fingerprint density at radius 2 is 1.61 bits per heavy atom. The number of ether oxygens (including phenoxy) is 1. The highest BCUT2D eigenvalue weighted by Crippen LogP contribution is 2.27. The molecule has 0 aliphatic carbocycles. The highest BCUT2D eigenvalue weighted by atomic mass is 19.1. The lowest BCUT2D eigenvalue weighted by Gasteiger charge is -2.39. The van der Waals surface area contributed by atoms with Gasteiger partial charge in [0.2, 0.25) is 0 Å². The minimum atomic E-state index is -0.775. The van der Waals surface area contributed by atoms with E-state index >= 15 is 0 Å². The first-order valence-corrected chi connectivity index (χ1v) is 12.6. The molecule has 5 nitrogen and oxygen atoms in total. The Bertz CT molecular complexity index is 1110. The standard InChI is InChI=1S/C30H34FNO4/c31-25-12-14-29(27(19-25)28(34)13-11-23-7-3-1-4-8-23)36-22-26(33)21-32-17-15-30(35,16-18-32)20-24-9-5-2-6-10-24/h1-10,12,14,19,26,33,35H,11,13,15-18,20-22H2. The number of Topliss-reactive ketones (excluding diaryl/α,β-unsaturated/α-hetero) is 1. The molecule has 3 aromatic rings. The van der Waals surface area contributed by atoms with Crippen molar-refractivity contribution < 1.29 is 24.1 Å². The highest BCUT2D eigenvalue weighted by Gasteiger charge is 2.33. The number of ketones is 1. The van der Waals surface area contributed by atoms with Gasteiger partial charge < -0.3 is 19.8 Å². The number of aliphatic hydroxyl groups is 2. The zero-order valence-corrected chi connectivity index (χ0v) is 20.5. The fourth-order valence-electron chi connectivity index (χ4n) is 4.72. The second kappa shape index (κ2) is 12.3. The average molecular weight is 492 g/mol. The normalized spacial score (nSPS) is 16.4. The van der Waals surface area contributed by atoms with Crippen LogP contribution in [0.5, 0.6) is 5.75 Å². The molecule has 1 atom stereocenters. The topological polar surface area (TPSA) is 70.0 Å². The highest BCUT2D eigenvalue weighted by molar-refractivity contribution is 5.98. The summed E-state index contributed by atoms with van der Waals surface area (Å²) in [4.78, 5) is 14.9. The maximum Gasteiger partial charge on any atom is 0.167 e. The molecule has 1 fully saturated rings. The first kappa shape index (κ1) is 26.0.